The molecule has 2 aliphatic rings. The first-order valence-electron chi connectivity index (χ1n) is 9.65. The van der Waals surface area contributed by atoms with E-state index in [1.807, 2.05) is 23.6 Å². The number of nitrogens with zero attached hydrogens (tertiary/aromatic N) is 3. The Balaban J connectivity index is 1.54. The summed E-state index contributed by atoms with van der Waals surface area (Å²) < 4.78 is 5.76. The van der Waals surface area contributed by atoms with E-state index in [9.17, 15) is 9.59 Å². The zero-order valence-electron chi connectivity index (χ0n) is 16.0. The van der Waals surface area contributed by atoms with Gasteiger partial charge in [-0.25, -0.2) is 9.78 Å². The van der Waals surface area contributed by atoms with Crippen LogP contribution in [0.3, 0.4) is 0 Å². The molecule has 0 N–H and O–H groups in total. The van der Waals surface area contributed by atoms with E-state index in [1.54, 1.807) is 0 Å². The topological polar surface area (TPSA) is 62.7 Å². The van der Waals surface area contributed by atoms with Gasteiger partial charge < -0.3 is 14.5 Å². The minimum Gasteiger partial charge on any atom is -0.441 e. The lowest BCUT2D eigenvalue weighted by atomic mass is 9.91. The lowest BCUT2D eigenvalue weighted by molar-refractivity contribution is 0.00326. The number of unbranched alkanes of at least 4 members (excludes halogenated alkanes) is 3. The second-order valence-corrected chi connectivity index (χ2v) is 8.68. The summed E-state index contributed by atoms with van der Waals surface area (Å²) in [5, 5.41) is 0.919. The van der Waals surface area contributed by atoms with Crippen LogP contribution >= 0.6 is 11.3 Å². The van der Waals surface area contributed by atoms with Gasteiger partial charge in [-0.05, 0) is 20.3 Å². The number of carbonyl (C=O) groups is 2. The molecule has 0 atom stereocenters. The monoisotopic (exact) mass is 379 g/mol. The summed E-state index contributed by atoms with van der Waals surface area (Å²) >= 11 is 1.46. The molecule has 2 aliphatic heterocycles. The highest BCUT2D eigenvalue weighted by Crippen LogP contribution is 2.34. The van der Waals surface area contributed by atoms with Gasteiger partial charge in [0, 0.05) is 32.5 Å². The molecule has 1 aromatic rings. The molecule has 144 valence electrons. The lowest BCUT2D eigenvalue weighted by Crippen LogP contribution is -2.48. The number of piperidine rings is 1. The second kappa shape index (κ2) is 7.94. The summed E-state index contributed by atoms with van der Waals surface area (Å²) in [6, 6.07) is 0. The van der Waals surface area contributed by atoms with Crippen LogP contribution in [-0.2, 0) is 4.74 Å². The molecule has 7 heteroatoms. The van der Waals surface area contributed by atoms with Crippen LogP contribution in [0.1, 0.15) is 65.8 Å². The average molecular weight is 380 g/mol. The van der Waals surface area contributed by atoms with Gasteiger partial charge in [-0.15, -0.1) is 11.3 Å². The molecule has 26 heavy (non-hydrogen) atoms. The van der Waals surface area contributed by atoms with Crippen LogP contribution in [0.5, 0.6) is 0 Å². The maximum absolute atomic E-state index is 12.7. The van der Waals surface area contributed by atoms with Crippen LogP contribution in [0.15, 0.2) is 0 Å². The number of ether oxygens (including phenoxy) is 1. The number of likely N-dealkylation sites (tertiary alicyclic amines) is 1. The summed E-state index contributed by atoms with van der Waals surface area (Å²) in [6.07, 6.45) is 5.84. The second-order valence-electron chi connectivity index (χ2n) is 7.47. The first kappa shape index (κ1) is 19.1. The number of hydrogen-bond acceptors (Lipinski definition) is 5. The molecular weight excluding hydrogens is 350 g/mol. The van der Waals surface area contributed by atoms with Gasteiger partial charge in [0.1, 0.15) is 10.5 Å². The number of thiazole rings is 1. The van der Waals surface area contributed by atoms with Crippen molar-refractivity contribution in [3.05, 3.63) is 15.6 Å². The van der Waals surface area contributed by atoms with Gasteiger partial charge in [0.25, 0.3) is 5.91 Å². The molecule has 1 aromatic heterocycles. The molecule has 0 aromatic carbocycles. The fourth-order valence-electron chi connectivity index (χ4n) is 3.85. The van der Waals surface area contributed by atoms with Crippen molar-refractivity contribution in [2.75, 3.05) is 26.2 Å². The lowest BCUT2D eigenvalue weighted by Gasteiger charge is -2.37. The number of carbonyl (C=O) groups excluding carboxylic acids is 2. The molecule has 1 spiro atoms. The maximum atomic E-state index is 12.7. The highest BCUT2D eigenvalue weighted by atomic mass is 32.1. The zero-order valence-corrected chi connectivity index (χ0v) is 16.9. The largest absolute Gasteiger partial charge is 0.441 e. The molecule has 2 fully saturated rings. The van der Waals surface area contributed by atoms with Crippen LogP contribution in [0.4, 0.5) is 4.79 Å². The summed E-state index contributed by atoms with van der Waals surface area (Å²) in [4.78, 5) is 33.8. The Morgan fingerprint density at radius 2 is 1.96 bits per heavy atom. The third-order valence-corrected chi connectivity index (χ3v) is 6.44. The number of aryl methyl sites for hydroxylation is 2. The van der Waals surface area contributed by atoms with Gasteiger partial charge >= 0.3 is 6.09 Å². The molecule has 6 nitrogen and oxygen atoms in total. The van der Waals surface area contributed by atoms with Crippen molar-refractivity contribution in [3.63, 3.8) is 0 Å². The van der Waals surface area contributed by atoms with Crippen LogP contribution in [-0.4, -0.2) is 58.6 Å². The molecular formula is C19H29N3O3S. The molecule has 0 aliphatic carbocycles. The van der Waals surface area contributed by atoms with Gasteiger partial charge in [-0.2, -0.15) is 0 Å². The first-order chi connectivity index (χ1) is 12.4. The van der Waals surface area contributed by atoms with Crippen molar-refractivity contribution in [1.29, 1.82) is 0 Å². The zero-order chi connectivity index (χ0) is 18.7. The minimum atomic E-state index is -0.405. The van der Waals surface area contributed by atoms with Gasteiger partial charge in [-0.3, -0.25) is 4.79 Å². The van der Waals surface area contributed by atoms with Crippen molar-refractivity contribution in [1.82, 2.24) is 14.8 Å². The van der Waals surface area contributed by atoms with Crippen molar-refractivity contribution >= 4 is 23.3 Å². The van der Waals surface area contributed by atoms with Crippen LogP contribution in [0.2, 0.25) is 0 Å². The molecule has 2 saturated heterocycles. The van der Waals surface area contributed by atoms with E-state index >= 15 is 0 Å². The van der Waals surface area contributed by atoms with Crippen molar-refractivity contribution in [2.45, 2.75) is 64.9 Å². The number of hydrogen-bond donors (Lipinski definition) is 0. The van der Waals surface area contributed by atoms with Crippen LogP contribution in [0, 0.1) is 13.8 Å². The highest BCUT2D eigenvalue weighted by Gasteiger charge is 2.47. The third kappa shape index (κ3) is 4.03. The van der Waals surface area contributed by atoms with Gasteiger partial charge in [-0.1, -0.05) is 26.2 Å². The smallest absolute Gasteiger partial charge is 0.410 e. The third-order valence-electron chi connectivity index (χ3n) is 5.38. The standard InChI is InChI=1S/C19H29N3O3S/c1-4-5-6-7-10-22-13-19(25-18(22)24)8-11-21(12-9-19)17(23)16-14(2)20-15(3)26-16/h4-13H2,1-3H3. The summed E-state index contributed by atoms with van der Waals surface area (Å²) in [5.74, 6) is 0.0590. The van der Waals surface area contributed by atoms with E-state index in [1.165, 1.54) is 24.2 Å². The Kier molecular flexibility index (Phi) is 5.85. The fourth-order valence-corrected chi connectivity index (χ4v) is 4.73. The van der Waals surface area contributed by atoms with E-state index in [2.05, 4.69) is 11.9 Å². The average Bonchev–Trinajstić information content (AvgIpc) is 3.10. The number of amides is 2. The fraction of sp³-hybridized carbons (Fsp3) is 0.737. The summed E-state index contributed by atoms with van der Waals surface area (Å²) in [5.41, 5.74) is 0.403. The summed E-state index contributed by atoms with van der Waals surface area (Å²) in [6.45, 7) is 8.70. The highest BCUT2D eigenvalue weighted by molar-refractivity contribution is 7.13. The molecule has 0 saturated carbocycles. The number of aromatic nitrogens is 1. The molecule has 2 amide bonds. The van der Waals surface area contributed by atoms with E-state index in [4.69, 9.17) is 4.74 Å². The molecule has 0 bridgehead atoms. The quantitative estimate of drug-likeness (QED) is 0.706. The Morgan fingerprint density at radius 1 is 1.23 bits per heavy atom. The number of rotatable bonds is 6. The van der Waals surface area contributed by atoms with Crippen LogP contribution < -0.4 is 0 Å². The molecule has 0 unspecified atom stereocenters. The molecule has 3 rings (SSSR count). The minimum absolute atomic E-state index is 0.0590. The van der Waals surface area contributed by atoms with Crippen molar-refractivity contribution in [3.8, 4) is 0 Å². The Hall–Kier alpha value is -1.63. The Morgan fingerprint density at radius 3 is 2.58 bits per heavy atom. The van der Waals surface area contributed by atoms with Gasteiger partial charge in [0.05, 0.1) is 17.2 Å². The van der Waals surface area contributed by atoms with E-state index in [0.29, 0.717) is 32.5 Å². The van der Waals surface area contributed by atoms with E-state index < -0.39 is 5.60 Å². The molecule has 0 radical (unpaired) electrons. The van der Waals surface area contributed by atoms with Crippen LogP contribution in [0.25, 0.3) is 0 Å². The summed E-state index contributed by atoms with van der Waals surface area (Å²) in [7, 11) is 0. The predicted octanol–water partition coefficient (Wildman–Crippen LogP) is 3.77. The van der Waals surface area contributed by atoms with Gasteiger partial charge in [0.2, 0.25) is 0 Å². The van der Waals surface area contributed by atoms with Gasteiger partial charge in [0.15, 0.2) is 0 Å². The van der Waals surface area contributed by atoms with Crippen molar-refractivity contribution in [2.24, 2.45) is 0 Å². The Labute approximate surface area is 159 Å². The van der Waals surface area contributed by atoms with E-state index in [-0.39, 0.29) is 12.0 Å². The normalized spacial score (nSPS) is 19.3. The Bertz CT molecular complexity index is 665. The van der Waals surface area contributed by atoms with Crippen molar-refractivity contribution < 1.29 is 14.3 Å². The first-order valence-corrected chi connectivity index (χ1v) is 10.5. The maximum Gasteiger partial charge on any atom is 0.410 e. The predicted molar refractivity (Wildman–Crippen MR) is 102 cm³/mol. The SMILES string of the molecule is CCCCCCN1CC2(CCN(C(=O)c3sc(C)nc3C)CC2)OC1=O. The van der Waals surface area contributed by atoms with E-state index in [0.717, 1.165) is 35.0 Å². The molecule has 3 heterocycles.